The summed E-state index contributed by atoms with van der Waals surface area (Å²) in [5.74, 6) is 0.804. The standard InChI is InChI=1S/C16H27NO2/c1-5-16(3,4)12-17-10-14(18)11-19-15-8-6-13(2)7-9-15/h6-9,14,17-18H,5,10-12H2,1-4H3. The molecule has 3 heteroatoms. The van der Waals surface area contributed by atoms with Gasteiger partial charge in [0.05, 0.1) is 0 Å². The first-order valence-electron chi connectivity index (χ1n) is 7.01. The van der Waals surface area contributed by atoms with Crippen LogP contribution in [0.2, 0.25) is 0 Å². The highest BCUT2D eigenvalue weighted by Gasteiger charge is 2.15. The van der Waals surface area contributed by atoms with Crippen molar-refractivity contribution in [1.82, 2.24) is 5.32 Å². The minimum absolute atomic E-state index is 0.275. The van der Waals surface area contributed by atoms with Crippen molar-refractivity contribution in [3.63, 3.8) is 0 Å². The normalized spacial score (nSPS) is 13.3. The second-order valence-electron chi connectivity index (χ2n) is 5.93. The van der Waals surface area contributed by atoms with Gasteiger partial charge in [-0.15, -0.1) is 0 Å². The maximum atomic E-state index is 9.85. The fourth-order valence-electron chi connectivity index (χ4n) is 1.59. The number of rotatable bonds is 8. The summed E-state index contributed by atoms with van der Waals surface area (Å²) in [4.78, 5) is 0. The third-order valence-electron chi connectivity index (χ3n) is 3.40. The molecule has 1 aromatic carbocycles. The third-order valence-corrected chi connectivity index (χ3v) is 3.40. The highest BCUT2D eigenvalue weighted by atomic mass is 16.5. The first-order chi connectivity index (χ1) is 8.93. The van der Waals surface area contributed by atoms with E-state index in [4.69, 9.17) is 4.74 Å². The van der Waals surface area contributed by atoms with E-state index in [1.54, 1.807) is 0 Å². The Kier molecular flexibility index (Phi) is 6.32. The van der Waals surface area contributed by atoms with Crippen molar-refractivity contribution in [2.45, 2.75) is 40.2 Å². The van der Waals surface area contributed by atoms with Gasteiger partial charge in [0.15, 0.2) is 0 Å². The lowest BCUT2D eigenvalue weighted by Gasteiger charge is -2.24. The second-order valence-corrected chi connectivity index (χ2v) is 5.93. The van der Waals surface area contributed by atoms with Gasteiger partial charge in [-0.2, -0.15) is 0 Å². The molecule has 0 heterocycles. The Bertz CT molecular complexity index is 360. The summed E-state index contributed by atoms with van der Waals surface area (Å²) in [5.41, 5.74) is 1.48. The van der Waals surface area contributed by atoms with E-state index in [-0.39, 0.29) is 5.41 Å². The lowest BCUT2D eigenvalue weighted by Crippen LogP contribution is -2.36. The molecule has 1 atom stereocenters. The van der Waals surface area contributed by atoms with E-state index in [1.807, 2.05) is 31.2 Å². The predicted octanol–water partition coefficient (Wildman–Crippen LogP) is 2.76. The maximum Gasteiger partial charge on any atom is 0.119 e. The molecule has 0 aliphatic carbocycles. The van der Waals surface area contributed by atoms with Gasteiger partial charge in [-0.1, -0.05) is 38.5 Å². The van der Waals surface area contributed by atoms with Crippen LogP contribution in [0.25, 0.3) is 0 Å². The van der Waals surface area contributed by atoms with Gasteiger partial charge in [0, 0.05) is 13.1 Å². The molecule has 0 spiro atoms. The van der Waals surface area contributed by atoms with Crippen LogP contribution in [0.4, 0.5) is 0 Å². The van der Waals surface area contributed by atoms with E-state index in [0.29, 0.717) is 13.2 Å². The summed E-state index contributed by atoms with van der Waals surface area (Å²) in [6.45, 7) is 10.4. The van der Waals surface area contributed by atoms with E-state index >= 15 is 0 Å². The second kappa shape index (κ2) is 7.51. The van der Waals surface area contributed by atoms with Gasteiger partial charge in [-0.05, 0) is 30.9 Å². The van der Waals surface area contributed by atoms with E-state index in [1.165, 1.54) is 5.56 Å². The zero-order valence-corrected chi connectivity index (χ0v) is 12.6. The zero-order valence-electron chi connectivity index (χ0n) is 12.6. The molecule has 0 saturated carbocycles. The molecule has 108 valence electrons. The first kappa shape index (κ1) is 16.0. The molecule has 0 saturated heterocycles. The summed E-state index contributed by atoms with van der Waals surface area (Å²) in [5, 5.41) is 13.1. The van der Waals surface area contributed by atoms with Crippen molar-refractivity contribution in [1.29, 1.82) is 0 Å². The van der Waals surface area contributed by atoms with Crippen LogP contribution in [-0.2, 0) is 0 Å². The Labute approximate surface area is 117 Å². The number of aliphatic hydroxyl groups is 1. The van der Waals surface area contributed by atoms with E-state index < -0.39 is 6.10 Å². The van der Waals surface area contributed by atoms with Crippen molar-refractivity contribution in [3.8, 4) is 5.75 Å². The third kappa shape index (κ3) is 6.60. The van der Waals surface area contributed by atoms with Crippen LogP contribution in [0, 0.1) is 12.3 Å². The molecule has 0 aliphatic rings. The van der Waals surface area contributed by atoms with Gasteiger partial charge >= 0.3 is 0 Å². The van der Waals surface area contributed by atoms with Crippen molar-refractivity contribution < 1.29 is 9.84 Å². The number of aryl methyl sites for hydroxylation is 1. The quantitative estimate of drug-likeness (QED) is 0.759. The summed E-state index contributed by atoms with van der Waals surface area (Å²) in [6, 6.07) is 7.86. The molecule has 1 aromatic rings. The van der Waals surface area contributed by atoms with Gasteiger partial charge in [0.1, 0.15) is 18.5 Å². The number of hydrogen-bond donors (Lipinski definition) is 2. The molecule has 1 unspecified atom stereocenters. The van der Waals surface area contributed by atoms with Crippen LogP contribution in [0.1, 0.15) is 32.8 Å². The number of aliphatic hydroxyl groups excluding tert-OH is 1. The summed E-state index contributed by atoms with van der Waals surface area (Å²) < 4.78 is 5.54. The van der Waals surface area contributed by atoms with Crippen molar-refractivity contribution in [2.24, 2.45) is 5.41 Å². The SMILES string of the molecule is CCC(C)(C)CNCC(O)COc1ccc(C)cc1. The lowest BCUT2D eigenvalue weighted by atomic mass is 9.90. The van der Waals surface area contributed by atoms with Gasteiger partial charge in [-0.25, -0.2) is 0 Å². The maximum absolute atomic E-state index is 9.85. The van der Waals surface area contributed by atoms with Gasteiger partial charge < -0.3 is 15.2 Å². The van der Waals surface area contributed by atoms with Crippen molar-refractivity contribution >= 4 is 0 Å². The number of ether oxygens (including phenoxy) is 1. The molecule has 1 rings (SSSR count). The topological polar surface area (TPSA) is 41.5 Å². The smallest absolute Gasteiger partial charge is 0.119 e. The molecule has 0 aliphatic heterocycles. The van der Waals surface area contributed by atoms with Crippen molar-refractivity contribution in [2.75, 3.05) is 19.7 Å². The lowest BCUT2D eigenvalue weighted by molar-refractivity contribution is 0.103. The number of nitrogens with one attached hydrogen (secondary N) is 1. The number of benzene rings is 1. The molecule has 0 radical (unpaired) electrons. The predicted molar refractivity (Wildman–Crippen MR) is 79.6 cm³/mol. The molecular formula is C16H27NO2. The molecule has 0 aromatic heterocycles. The zero-order chi connectivity index (χ0) is 14.3. The highest BCUT2D eigenvalue weighted by Crippen LogP contribution is 2.17. The largest absolute Gasteiger partial charge is 0.491 e. The average molecular weight is 265 g/mol. The van der Waals surface area contributed by atoms with Crippen molar-refractivity contribution in [3.05, 3.63) is 29.8 Å². The molecule has 2 N–H and O–H groups in total. The molecule has 19 heavy (non-hydrogen) atoms. The van der Waals surface area contributed by atoms with Gasteiger partial charge in [0.25, 0.3) is 0 Å². The Hall–Kier alpha value is -1.06. The van der Waals surface area contributed by atoms with Crippen LogP contribution in [-0.4, -0.2) is 30.9 Å². The Morgan fingerprint density at radius 2 is 1.89 bits per heavy atom. The summed E-state index contributed by atoms with van der Waals surface area (Å²) >= 11 is 0. The summed E-state index contributed by atoms with van der Waals surface area (Å²) in [6.07, 6.45) is 0.643. The average Bonchev–Trinajstić information content (AvgIpc) is 2.38. The van der Waals surface area contributed by atoms with Crippen LogP contribution >= 0.6 is 0 Å². The van der Waals surface area contributed by atoms with E-state index in [2.05, 4.69) is 26.1 Å². The molecule has 0 bridgehead atoms. The van der Waals surface area contributed by atoms with E-state index in [0.717, 1.165) is 18.7 Å². The van der Waals surface area contributed by atoms with Crippen LogP contribution in [0.5, 0.6) is 5.75 Å². The number of hydrogen-bond acceptors (Lipinski definition) is 3. The van der Waals surface area contributed by atoms with E-state index in [9.17, 15) is 5.11 Å². The fourth-order valence-corrected chi connectivity index (χ4v) is 1.59. The summed E-state index contributed by atoms with van der Waals surface area (Å²) in [7, 11) is 0. The molecule has 0 amide bonds. The monoisotopic (exact) mass is 265 g/mol. The molecule has 0 fully saturated rings. The van der Waals surface area contributed by atoms with Crippen LogP contribution in [0.3, 0.4) is 0 Å². The molecule has 3 nitrogen and oxygen atoms in total. The Morgan fingerprint density at radius 3 is 2.47 bits per heavy atom. The minimum atomic E-state index is -0.478. The highest BCUT2D eigenvalue weighted by molar-refractivity contribution is 5.26. The Morgan fingerprint density at radius 1 is 1.26 bits per heavy atom. The minimum Gasteiger partial charge on any atom is -0.491 e. The van der Waals surface area contributed by atoms with Crippen LogP contribution in [0.15, 0.2) is 24.3 Å². The van der Waals surface area contributed by atoms with Gasteiger partial charge in [0.2, 0.25) is 0 Å². The van der Waals surface area contributed by atoms with Gasteiger partial charge in [-0.3, -0.25) is 0 Å². The Balaban J connectivity index is 2.21. The van der Waals surface area contributed by atoms with Crippen LogP contribution < -0.4 is 10.1 Å². The first-order valence-corrected chi connectivity index (χ1v) is 7.01. The molecular weight excluding hydrogens is 238 g/mol. The fraction of sp³-hybridized carbons (Fsp3) is 0.625.